The van der Waals surface area contributed by atoms with E-state index in [0.29, 0.717) is 12.1 Å². The highest BCUT2D eigenvalue weighted by molar-refractivity contribution is 5.91. The molecule has 0 spiro atoms. The Morgan fingerprint density at radius 2 is 2.22 bits per heavy atom. The molecule has 0 radical (unpaired) electrons. The molecule has 0 heterocycles. The van der Waals surface area contributed by atoms with Crippen LogP contribution in [0.1, 0.15) is 12.5 Å². The summed E-state index contributed by atoms with van der Waals surface area (Å²) in [5.74, 6) is -3.34. The Morgan fingerprint density at radius 3 is 2.78 bits per heavy atom. The average molecular weight is 257 g/mol. The molecular weight excluding hydrogens is 248 g/mol. The summed E-state index contributed by atoms with van der Waals surface area (Å²) in [6.07, 6.45) is 0.634. The van der Waals surface area contributed by atoms with Crippen LogP contribution in [0.15, 0.2) is 24.0 Å². The van der Waals surface area contributed by atoms with Crippen molar-refractivity contribution < 1.29 is 23.2 Å². The fourth-order valence-electron chi connectivity index (χ4n) is 1.19. The second-order valence-corrected chi connectivity index (χ2v) is 3.17. The summed E-state index contributed by atoms with van der Waals surface area (Å²) in [4.78, 5) is 20.7. The molecule has 0 atom stereocenters. The molecule has 0 aliphatic carbocycles. The van der Waals surface area contributed by atoms with Crippen molar-refractivity contribution in [2.45, 2.75) is 6.92 Å². The Kier molecular flexibility index (Phi) is 4.47. The highest BCUT2D eigenvalue weighted by Gasteiger charge is 2.16. The van der Waals surface area contributed by atoms with Gasteiger partial charge >= 0.3 is 5.97 Å². The maximum atomic E-state index is 13.3. The zero-order valence-electron chi connectivity index (χ0n) is 9.35. The number of nitro benzene ring substituents is 1. The van der Waals surface area contributed by atoms with Crippen molar-refractivity contribution >= 4 is 17.7 Å². The molecule has 18 heavy (non-hydrogen) atoms. The first-order chi connectivity index (χ1) is 8.45. The van der Waals surface area contributed by atoms with Crippen LogP contribution in [0, 0.1) is 15.9 Å². The van der Waals surface area contributed by atoms with Crippen molar-refractivity contribution in [1.29, 1.82) is 0 Å². The maximum absolute atomic E-state index is 13.3. The lowest BCUT2D eigenvalue weighted by Gasteiger charge is -2.00. The van der Waals surface area contributed by atoms with Crippen molar-refractivity contribution in [2.24, 2.45) is 0 Å². The van der Waals surface area contributed by atoms with Gasteiger partial charge in [-0.2, -0.15) is 4.39 Å². The Hall–Kier alpha value is -2.31. The van der Waals surface area contributed by atoms with Gasteiger partial charge in [0.2, 0.25) is 5.83 Å². The number of ether oxygens (including phenoxy) is 1. The molecule has 1 aromatic carbocycles. The molecule has 0 aromatic heterocycles. The van der Waals surface area contributed by atoms with Crippen LogP contribution in [0.4, 0.5) is 14.5 Å². The van der Waals surface area contributed by atoms with E-state index in [1.165, 1.54) is 6.92 Å². The number of esters is 1. The van der Waals surface area contributed by atoms with Crippen molar-refractivity contribution in [3.05, 3.63) is 45.5 Å². The van der Waals surface area contributed by atoms with Crippen LogP contribution in [0.2, 0.25) is 0 Å². The minimum Gasteiger partial charge on any atom is -0.461 e. The van der Waals surface area contributed by atoms with Crippen LogP contribution in [-0.2, 0) is 9.53 Å². The second-order valence-electron chi connectivity index (χ2n) is 3.17. The van der Waals surface area contributed by atoms with E-state index in [2.05, 4.69) is 4.74 Å². The molecule has 0 unspecified atom stereocenters. The highest BCUT2D eigenvalue weighted by atomic mass is 19.1. The minimum absolute atomic E-state index is 0.0222. The first kappa shape index (κ1) is 13.8. The summed E-state index contributed by atoms with van der Waals surface area (Å²) >= 11 is 0. The third-order valence-electron chi connectivity index (χ3n) is 1.94. The smallest absolute Gasteiger partial charge is 0.367 e. The summed E-state index contributed by atoms with van der Waals surface area (Å²) in [6.45, 7) is 1.47. The fraction of sp³-hybridized carbons (Fsp3) is 0.182. The summed E-state index contributed by atoms with van der Waals surface area (Å²) in [5.41, 5.74) is -0.846. The molecule has 0 bridgehead atoms. The lowest BCUT2D eigenvalue weighted by Crippen LogP contribution is -2.04. The Bertz CT molecular complexity index is 514. The molecule has 0 saturated heterocycles. The highest BCUT2D eigenvalue weighted by Crippen LogP contribution is 2.23. The van der Waals surface area contributed by atoms with Crippen LogP contribution in [0.5, 0.6) is 0 Å². The molecule has 0 amide bonds. The van der Waals surface area contributed by atoms with Gasteiger partial charge in [0.25, 0.3) is 5.69 Å². The van der Waals surface area contributed by atoms with Crippen molar-refractivity contribution in [2.75, 3.05) is 6.61 Å². The molecule has 7 heteroatoms. The molecule has 0 aliphatic heterocycles. The molecule has 96 valence electrons. The molecular formula is C11H9F2NO4. The van der Waals surface area contributed by atoms with Crippen molar-refractivity contribution in [3.8, 4) is 0 Å². The third kappa shape index (κ3) is 3.34. The number of hydrogen-bond donors (Lipinski definition) is 0. The number of carbonyl (C=O) groups is 1. The third-order valence-corrected chi connectivity index (χ3v) is 1.94. The van der Waals surface area contributed by atoms with Gasteiger partial charge in [0.1, 0.15) is 5.82 Å². The largest absolute Gasteiger partial charge is 0.461 e. The topological polar surface area (TPSA) is 69.4 Å². The average Bonchev–Trinajstić information content (AvgIpc) is 2.31. The summed E-state index contributed by atoms with van der Waals surface area (Å²) in [7, 11) is 0. The van der Waals surface area contributed by atoms with E-state index in [4.69, 9.17) is 0 Å². The van der Waals surface area contributed by atoms with Crippen molar-refractivity contribution in [1.82, 2.24) is 0 Å². The van der Waals surface area contributed by atoms with E-state index in [1.807, 2.05) is 0 Å². The van der Waals surface area contributed by atoms with Crippen LogP contribution in [0.3, 0.4) is 0 Å². The van der Waals surface area contributed by atoms with Gasteiger partial charge in [-0.1, -0.05) is 0 Å². The molecule has 0 N–H and O–H groups in total. The lowest BCUT2D eigenvalue weighted by atomic mass is 10.1. The molecule has 0 fully saturated rings. The quantitative estimate of drug-likeness (QED) is 0.360. The van der Waals surface area contributed by atoms with E-state index in [-0.39, 0.29) is 12.2 Å². The van der Waals surface area contributed by atoms with Crippen LogP contribution >= 0.6 is 0 Å². The number of nitro groups is 1. The number of benzene rings is 1. The molecule has 5 nitrogen and oxygen atoms in total. The fourth-order valence-corrected chi connectivity index (χ4v) is 1.19. The van der Waals surface area contributed by atoms with Crippen molar-refractivity contribution in [3.63, 3.8) is 0 Å². The molecule has 1 rings (SSSR count). The van der Waals surface area contributed by atoms with Crippen LogP contribution in [0.25, 0.3) is 6.08 Å². The van der Waals surface area contributed by atoms with Gasteiger partial charge in [-0.3, -0.25) is 10.1 Å². The Morgan fingerprint density at radius 1 is 1.56 bits per heavy atom. The standard InChI is InChI=1S/C11H9F2NO4/c1-2-18-11(15)9(13)5-7-3-4-8(12)6-10(7)14(16)17/h3-6H,2H2,1H3/b9-5-. The molecule has 0 saturated carbocycles. The van der Waals surface area contributed by atoms with Gasteiger partial charge in [-0.25, -0.2) is 9.18 Å². The number of rotatable bonds is 4. The Balaban J connectivity index is 3.14. The summed E-state index contributed by atoms with van der Waals surface area (Å²) in [5, 5.41) is 10.6. The molecule has 0 aliphatic rings. The summed E-state index contributed by atoms with van der Waals surface area (Å²) in [6, 6.07) is 2.58. The van der Waals surface area contributed by atoms with E-state index in [0.717, 1.165) is 12.1 Å². The predicted molar refractivity (Wildman–Crippen MR) is 58.8 cm³/mol. The zero-order valence-corrected chi connectivity index (χ0v) is 9.35. The SMILES string of the molecule is CCOC(=O)/C(F)=C/c1ccc(F)cc1[N+](=O)[O-]. The first-order valence-corrected chi connectivity index (χ1v) is 4.94. The van der Waals surface area contributed by atoms with Gasteiger partial charge in [0, 0.05) is 0 Å². The predicted octanol–water partition coefficient (Wildman–Crippen LogP) is 2.61. The monoisotopic (exact) mass is 257 g/mol. The number of carbonyl (C=O) groups excluding carboxylic acids is 1. The van der Waals surface area contributed by atoms with E-state index in [1.54, 1.807) is 0 Å². The maximum Gasteiger partial charge on any atom is 0.367 e. The van der Waals surface area contributed by atoms with Gasteiger partial charge in [0.05, 0.1) is 23.2 Å². The van der Waals surface area contributed by atoms with Gasteiger partial charge < -0.3 is 4.74 Å². The van der Waals surface area contributed by atoms with E-state index in [9.17, 15) is 23.7 Å². The number of nitrogens with zero attached hydrogens (tertiary/aromatic N) is 1. The summed E-state index contributed by atoms with van der Waals surface area (Å²) < 4.78 is 30.5. The lowest BCUT2D eigenvalue weighted by molar-refractivity contribution is -0.385. The van der Waals surface area contributed by atoms with E-state index < -0.39 is 28.2 Å². The second kappa shape index (κ2) is 5.85. The number of hydrogen-bond acceptors (Lipinski definition) is 4. The van der Waals surface area contributed by atoms with Gasteiger partial charge in [-0.15, -0.1) is 0 Å². The molecule has 1 aromatic rings. The zero-order chi connectivity index (χ0) is 13.7. The Labute approximate surface area is 101 Å². The van der Waals surface area contributed by atoms with Crippen LogP contribution in [-0.4, -0.2) is 17.5 Å². The van der Waals surface area contributed by atoms with Gasteiger partial charge in [-0.05, 0) is 25.1 Å². The first-order valence-electron chi connectivity index (χ1n) is 4.94. The van der Waals surface area contributed by atoms with Crippen LogP contribution < -0.4 is 0 Å². The van der Waals surface area contributed by atoms with E-state index >= 15 is 0 Å². The normalized spacial score (nSPS) is 11.2. The van der Waals surface area contributed by atoms with Gasteiger partial charge in [0.15, 0.2) is 0 Å². The number of halogens is 2. The minimum atomic E-state index is -1.29.